The second-order valence-corrected chi connectivity index (χ2v) is 28.6. The van der Waals surface area contributed by atoms with E-state index in [1.165, 1.54) is 148 Å². The summed E-state index contributed by atoms with van der Waals surface area (Å²) in [6.07, 6.45) is 36.8. The molecule has 0 saturated heterocycles. The number of allylic oxidation sites excluding steroid dienone is 2. The maximum Gasteiger partial charge on any atom is -0.0295 e. The molecule has 0 heteroatoms. The molecule has 16 atom stereocenters. The average Bonchev–Trinajstić information content (AvgIpc) is 4.07. The van der Waals surface area contributed by atoms with E-state index in [1.807, 2.05) is 13.8 Å². The van der Waals surface area contributed by atoms with Gasteiger partial charge in [0.25, 0.3) is 0 Å². The molecule has 0 heterocycles. The van der Waals surface area contributed by atoms with Crippen LogP contribution in [0.5, 0.6) is 0 Å². The van der Waals surface area contributed by atoms with Crippen LogP contribution >= 0.6 is 0 Å². The fraction of sp³-hybridized carbons (Fsp3) is 0.973. The van der Waals surface area contributed by atoms with Crippen LogP contribution in [0.15, 0.2) is 12.2 Å². The van der Waals surface area contributed by atoms with Crippen LogP contribution in [0.25, 0.3) is 0 Å². The van der Waals surface area contributed by atoms with Crippen molar-refractivity contribution < 1.29 is 0 Å². The van der Waals surface area contributed by atoms with Gasteiger partial charge >= 0.3 is 0 Å². The zero-order valence-corrected chi connectivity index (χ0v) is 57.5. The molecule has 2 rings (SSSR count). The summed E-state index contributed by atoms with van der Waals surface area (Å²) >= 11 is 0. The van der Waals surface area contributed by atoms with E-state index in [2.05, 4.69) is 192 Å². The van der Waals surface area contributed by atoms with Gasteiger partial charge in [0.05, 0.1) is 0 Å². The molecule has 2 aliphatic carbocycles. The van der Waals surface area contributed by atoms with Crippen LogP contribution in [0.3, 0.4) is 0 Å². The van der Waals surface area contributed by atoms with Crippen LogP contribution in [-0.2, 0) is 0 Å². The lowest BCUT2D eigenvalue weighted by Gasteiger charge is -2.48. The predicted molar refractivity (Wildman–Crippen MR) is 346 cm³/mol. The Morgan fingerprint density at radius 2 is 1.05 bits per heavy atom. The number of unbranched alkanes of at least 4 members (excludes halogenated alkanes) is 1. The Morgan fingerprint density at radius 3 is 1.47 bits per heavy atom. The van der Waals surface area contributed by atoms with E-state index in [4.69, 9.17) is 0 Å². The van der Waals surface area contributed by atoms with Gasteiger partial charge < -0.3 is 0 Å². The second-order valence-electron chi connectivity index (χ2n) is 28.6. The first kappa shape index (κ1) is 78.0. The highest BCUT2D eigenvalue weighted by atomic mass is 14.5. The van der Waals surface area contributed by atoms with Crippen LogP contribution < -0.4 is 0 Å². The van der Waals surface area contributed by atoms with Crippen LogP contribution in [0, 0.1) is 124 Å². The van der Waals surface area contributed by atoms with Crippen molar-refractivity contribution in [1.82, 2.24) is 0 Å². The molecule has 448 valence electrons. The average molecular weight is 1040 g/mol. The van der Waals surface area contributed by atoms with Gasteiger partial charge in [-0.05, 0) is 201 Å². The molecule has 0 bridgehead atoms. The van der Waals surface area contributed by atoms with Crippen molar-refractivity contribution in [2.45, 2.75) is 342 Å². The first-order valence-electron chi connectivity index (χ1n) is 34.4. The molecular weight excluding hydrogens is 889 g/mol. The van der Waals surface area contributed by atoms with Crippen molar-refractivity contribution in [3.8, 4) is 0 Å². The lowest BCUT2D eigenvalue weighted by molar-refractivity contribution is 0.0154. The molecule has 2 saturated carbocycles. The Balaban J connectivity index is -0.00000126. The fourth-order valence-corrected chi connectivity index (χ4v) is 14.6. The molecule has 0 aromatic carbocycles. The number of hydrogen-bond donors (Lipinski definition) is 0. The molecule has 0 nitrogen and oxygen atoms in total. The summed E-state index contributed by atoms with van der Waals surface area (Å²) < 4.78 is 0. The van der Waals surface area contributed by atoms with Gasteiger partial charge in [-0.3, -0.25) is 0 Å². The van der Waals surface area contributed by atoms with E-state index in [0.29, 0.717) is 5.41 Å². The van der Waals surface area contributed by atoms with E-state index >= 15 is 0 Å². The predicted octanol–water partition coefficient (Wildman–Crippen LogP) is 26.4. The molecule has 0 aromatic rings. The summed E-state index contributed by atoms with van der Waals surface area (Å²) in [5.41, 5.74) is 0.418. The van der Waals surface area contributed by atoms with E-state index in [1.54, 1.807) is 0 Å². The maximum absolute atomic E-state index is 2.70. The summed E-state index contributed by atoms with van der Waals surface area (Å²) in [5, 5.41) is 0. The van der Waals surface area contributed by atoms with Crippen molar-refractivity contribution in [2.75, 3.05) is 0 Å². The minimum atomic E-state index is 0.418. The third-order valence-electron chi connectivity index (χ3n) is 21.6. The summed E-state index contributed by atoms with van der Waals surface area (Å²) in [6.45, 7) is 67.3. The van der Waals surface area contributed by atoms with Gasteiger partial charge in [-0.25, -0.2) is 0 Å². The summed E-state index contributed by atoms with van der Waals surface area (Å²) in [5.74, 6) is 17.8. The Hall–Kier alpha value is -0.260. The van der Waals surface area contributed by atoms with Gasteiger partial charge in [0.1, 0.15) is 0 Å². The van der Waals surface area contributed by atoms with E-state index in [9.17, 15) is 0 Å². The van der Waals surface area contributed by atoms with Crippen LogP contribution in [0.2, 0.25) is 0 Å². The Bertz CT molecular complexity index is 1210. The van der Waals surface area contributed by atoms with Crippen molar-refractivity contribution in [2.24, 2.45) is 124 Å². The van der Waals surface area contributed by atoms with Gasteiger partial charge in [-0.2, -0.15) is 0 Å². The van der Waals surface area contributed by atoms with Crippen molar-refractivity contribution in [3.63, 3.8) is 0 Å². The van der Waals surface area contributed by atoms with Gasteiger partial charge in [0, 0.05) is 0 Å². The molecule has 0 aromatic heterocycles. The molecule has 0 aliphatic heterocycles. The highest BCUT2D eigenvalue weighted by Gasteiger charge is 2.43. The van der Waals surface area contributed by atoms with Gasteiger partial charge in [0.2, 0.25) is 0 Å². The zero-order valence-electron chi connectivity index (χ0n) is 57.5. The van der Waals surface area contributed by atoms with Gasteiger partial charge in [-0.1, -0.05) is 276 Å². The fourth-order valence-electron chi connectivity index (χ4n) is 14.6. The summed E-state index contributed by atoms with van der Waals surface area (Å²) in [7, 11) is 0. The lowest BCUT2D eigenvalue weighted by atomic mass is 9.57. The molecule has 0 spiro atoms. The summed E-state index contributed by atoms with van der Waals surface area (Å²) in [4.78, 5) is 0. The minimum absolute atomic E-state index is 0.418. The molecular formula is C74H152. The SMILES string of the molecule is CC.CC=CCC1CCC(C(C)C)C1.CCC(C(C)C)C(C)CC(C)C.CCC(C)CC.CCCCC(CC)C(C)(C)C(CC(C)C1CCC(CC)C1)C(C)C(C)CC(CC)C(C)CC(C)C(C)CCC(C)CC. The van der Waals surface area contributed by atoms with Crippen molar-refractivity contribution >= 4 is 0 Å². The highest BCUT2D eigenvalue weighted by Crippen LogP contribution is 2.51. The van der Waals surface area contributed by atoms with E-state index in [0.717, 1.165) is 118 Å². The summed E-state index contributed by atoms with van der Waals surface area (Å²) in [6, 6.07) is 0. The number of rotatable bonds is 33. The molecule has 2 aliphatic rings. The largest absolute Gasteiger partial charge is 0.0917 e. The molecule has 2 fully saturated rings. The zero-order chi connectivity index (χ0) is 57.7. The smallest absolute Gasteiger partial charge is 0.0295 e. The Morgan fingerprint density at radius 1 is 0.500 bits per heavy atom. The first-order valence-corrected chi connectivity index (χ1v) is 34.4. The second kappa shape index (κ2) is 45.5. The quantitative estimate of drug-likeness (QED) is 0.0575. The Labute approximate surface area is 475 Å². The van der Waals surface area contributed by atoms with Crippen LogP contribution in [-0.4, -0.2) is 0 Å². The molecule has 0 radical (unpaired) electrons. The standard InChI is InChI=1S/C42H84.C12H22.C12H26.C6H14.C2H6/c1-15-20-21-40(19-5)42(13,14)41(28-35(11)39-25-24-37(17-3)29-39)36(12)33(9)27-38(18-4)34(10)26-32(8)31(7)23-22-30(6)16-2;1-4-5-6-11-7-8-12(9-11)10(2)3;1-7-12(10(4)5)11(6)8-9(2)3;1-4-6(3)5-2;1-2/h30-41H,15-29H2,1-14H3;4-5,10-12H,6-9H2,1-3H3;9-12H,7-8H2,1-6H3;6H,4-5H2,1-3H3;1-2H3. The third kappa shape index (κ3) is 32.7. The number of hydrogen-bond acceptors (Lipinski definition) is 0. The minimum Gasteiger partial charge on any atom is -0.0917 e. The first-order chi connectivity index (χ1) is 34.8. The monoisotopic (exact) mass is 1040 g/mol. The van der Waals surface area contributed by atoms with Crippen molar-refractivity contribution in [1.29, 1.82) is 0 Å². The molecule has 16 unspecified atom stereocenters. The van der Waals surface area contributed by atoms with Crippen LogP contribution in [0.1, 0.15) is 342 Å². The van der Waals surface area contributed by atoms with Crippen LogP contribution in [0.4, 0.5) is 0 Å². The topological polar surface area (TPSA) is 0 Å². The molecule has 74 heavy (non-hydrogen) atoms. The normalized spacial score (nSPS) is 23.0. The molecule has 0 N–H and O–H groups in total. The van der Waals surface area contributed by atoms with Crippen molar-refractivity contribution in [3.05, 3.63) is 12.2 Å². The van der Waals surface area contributed by atoms with Gasteiger partial charge in [-0.15, -0.1) is 0 Å². The van der Waals surface area contributed by atoms with Gasteiger partial charge in [0.15, 0.2) is 0 Å². The maximum atomic E-state index is 2.70. The lowest BCUT2D eigenvalue weighted by Crippen LogP contribution is -2.40. The van der Waals surface area contributed by atoms with E-state index in [-0.39, 0.29) is 0 Å². The van der Waals surface area contributed by atoms with E-state index < -0.39 is 0 Å². The molecule has 0 amide bonds. The third-order valence-corrected chi connectivity index (χ3v) is 21.6. The Kier molecular flexibility index (Phi) is 47.9. The highest BCUT2D eigenvalue weighted by molar-refractivity contribution is 4.92.